The molecule has 5 nitrogen and oxygen atoms in total. The van der Waals surface area contributed by atoms with E-state index in [4.69, 9.17) is 0 Å². The molecule has 26 heavy (non-hydrogen) atoms. The summed E-state index contributed by atoms with van der Waals surface area (Å²) in [5, 5.41) is 3.79. The van der Waals surface area contributed by atoms with Crippen molar-refractivity contribution < 1.29 is 4.79 Å². The molecule has 1 saturated heterocycles. The van der Waals surface area contributed by atoms with Crippen molar-refractivity contribution in [3.05, 3.63) is 40.6 Å². The third kappa shape index (κ3) is 4.98. The average Bonchev–Trinajstić information content (AvgIpc) is 2.63. The number of thioether (sulfide) groups is 1. The smallest absolute Gasteiger partial charge is 0.234 e. The SMILES string of the molecule is Cc1cc(Br)ccc1NC(=O)CSc1cc(N2CCCC[C@@H]2C)ncn1. The van der Waals surface area contributed by atoms with Crippen LogP contribution in [0.5, 0.6) is 0 Å². The number of amides is 1. The van der Waals surface area contributed by atoms with Crippen LogP contribution >= 0.6 is 27.7 Å². The van der Waals surface area contributed by atoms with Gasteiger partial charge in [-0.25, -0.2) is 9.97 Å². The maximum Gasteiger partial charge on any atom is 0.234 e. The highest BCUT2D eigenvalue weighted by Gasteiger charge is 2.20. The van der Waals surface area contributed by atoms with Crippen LogP contribution in [0.1, 0.15) is 31.7 Å². The molecule has 7 heteroatoms. The van der Waals surface area contributed by atoms with Gasteiger partial charge in [0.25, 0.3) is 0 Å². The first-order chi connectivity index (χ1) is 12.5. The Morgan fingerprint density at radius 2 is 2.19 bits per heavy atom. The zero-order valence-electron chi connectivity index (χ0n) is 15.0. The molecule has 1 fully saturated rings. The molecule has 0 aliphatic carbocycles. The lowest BCUT2D eigenvalue weighted by Crippen LogP contribution is -2.38. The number of hydrogen-bond acceptors (Lipinski definition) is 5. The van der Waals surface area contributed by atoms with Crippen molar-refractivity contribution in [1.29, 1.82) is 0 Å². The predicted molar refractivity (Wildman–Crippen MR) is 111 cm³/mol. The first-order valence-electron chi connectivity index (χ1n) is 8.80. The van der Waals surface area contributed by atoms with E-state index >= 15 is 0 Å². The Morgan fingerprint density at radius 1 is 1.35 bits per heavy atom. The van der Waals surface area contributed by atoms with Gasteiger partial charge in [0.2, 0.25) is 5.91 Å². The summed E-state index contributed by atoms with van der Waals surface area (Å²) in [6.07, 6.45) is 5.27. The van der Waals surface area contributed by atoms with Crippen LogP contribution in [0.4, 0.5) is 11.5 Å². The molecular formula is C19H23BrN4OS. The van der Waals surface area contributed by atoms with E-state index in [1.54, 1.807) is 6.33 Å². The average molecular weight is 435 g/mol. The summed E-state index contributed by atoms with van der Waals surface area (Å²) in [4.78, 5) is 23.3. The molecule has 2 aromatic rings. The van der Waals surface area contributed by atoms with Gasteiger partial charge in [0.15, 0.2) is 0 Å². The molecule has 1 aliphatic rings. The van der Waals surface area contributed by atoms with Crippen LogP contribution in [0.3, 0.4) is 0 Å². The summed E-state index contributed by atoms with van der Waals surface area (Å²) >= 11 is 4.87. The number of carbonyl (C=O) groups excluding carboxylic acids is 1. The molecule has 0 unspecified atom stereocenters. The first-order valence-corrected chi connectivity index (χ1v) is 10.6. The van der Waals surface area contributed by atoms with Gasteiger partial charge in [0.05, 0.1) is 5.75 Å². The van der Waals surface area contributed by atoms with Crippen molar-refractivity contribution in [2.75, 3.05) is 22.5 Å². The van der Waals surface area contributed by atoms with E-state index in [0.29, 0.717) is 11.8 Å². The minimum atomic E-state index is -0.0353. The number of nitrogens with one attached hydrogen (secondary N) is 1. The van der Waals surface area contributed by atoms with Gasteiger partial charge < -0.3 is 10.2 Å². The van der Waals surface area contributed by atoms with E-state index in [1.165, 1.54) is 31.0 Å². The second-order valence-corrected chi connectivity index (χ2v) is 8.46. The molecule has 1 aromatic carbocycles. The Bertz CT molecular complexity index is 786. The molecule has 1 aliphatic heterocycles. The molecule has 1 N–H and O–H groups in total. The van der Waals surface area contributed by atoms with Gasteiger partial charge in [-0.3, -0.25) is 4.79 Å². The summed E-state index contributed by atoms with van der Waals surface area (Å²) in [5.41, 5.74) is 1.87. The van der Waals surface area contributed by atoms with Crippen molar-refractivity contribution in [1.82, 2.24) is 9.97 Å². The number of hydrogen-bond donors (Lipinski definition) is 1. The van der Waals surface area contributed by atoms with Crippen LogP contribution in [-0.4, -0.2) is 34.2 Å². The fourth-order valence-corrected chi connectivity index (χ4v) is 4.23. The highest BCUT2D eigenvalue weighted by Crippen LogP contribution is 2.26. The summed E-state index contributed by atoms with van der Waals surface area (Å²) in [6, 6.07) is 8.30. The molecule has 1 atom stereocenters. The highest BCUT2D eigenvalue weighted by atomic mass is 79.9. The van der Waals surface area contributed by atoms with E-state index < -0.39 is 0 Å². The van der Waals surface area contributed by atoms with Crippen molar-refractivity contribution in [3.63, 3.8) is 0 Å². The summed E-state index contributed by atoms with van der Waals surface area (Å²) in [5.74, 6) is 1.24. The van der Waals surface area contributed by atoms with Gasteiger partial charge in [-0.15, -0.1) is 0 Å². The molecule has 3 rings (SSSR count). The number of aryl methyl sites for hydroxylation is 1. The summed E-state index contributed by atoms with van der Waals surface area (Å²) in [7, 11) is 0. The molecule has 0 bridgehead atoms. The van der Waals surface area contributed by atoms with E-state index in [1.807, 2.05) is 31.2 Å². The number of anilines is 2. The van der Waals surface area contributed by atoms with E-state index in [2.05, 4.69) is 43.0 Å². The fourth-order valence-electron chi connectivity index (χ4n) is 3.10. The van der Waals surface area contributed by atoms with E-state index in [0.717, 1.165) is 33.1 Å². The number of nitrogens with zero attached hydrogens (tertiary/aromatic N) is 3. The minimum absolute atomic E-state index is 0.0353. The number of benzene rings is 1. The molecule has 138 valence electrons. The van der Waals surface area contributed by atoms with Crippen LogP contribution in [0.15, 0.2) is 40.1 Å². The Balaban J connectivity index is 1.59. The van der Waals surface area contributed by atoms with Gasteiger partial charge in [-0.05, 0) is 56.9 Å². The number of rotatable bonds is 5. The number of halogens is 1. The zero-order chi connectivity index (χ0) is 18.5. The van der Waals surface area contributed by atoms with Gasteiger partial charge in [-0.2, -0.15) is 0 Å². The van der Waals surface area contributed by atoms with E-state index in [-0.39, 0.29) is 5.91 Å². The molecule has 0 radical (unpaired) electrons. The molecular weight excluding hydrogens is 412 g/mol. The molecule has 0 saturated carbocycles. The van der Waals surface area contributed by atoms with E-state index in [9.17, 15) is 4.79 Å². The van der Waals surface area contributed by atoms with Crippen LogP contribution < -0.4 is 10.2 Å². The van der Waals surface area contributed by atoms with Crippen LogP contribution in [-0.2, 0) is 4.79 Å². The van der Waals surface area contributed by atoms with Crippen LogP contribution in [0.2, 0.25) is 0 Å². The largest absolute Gasteiger partial charge is 0.354 e. The highest BCUT2D eigenvalue weighted by molar-refractivity contribution is 9.10. The monoisotopic (exact) mass is 434 g/mol. The molecule has 1 aromatic heterocycles. The Labute approximate surface area is 167 Å². The maximum absolute atomic E-state index is 12.3. The predicted octanol–water partition coefficient (Wildman–Crippen LogP) is 4.66. The quantitative estimate of drug-likeness (QED) is 0.547. The van der Waals surface area contributed by atoms with Crippen molar-refractivity contribution in [3.8, 4) is 0 Å². The number of carbonyl (C=O) groups is 1. The van der Waals surface area contributed by atoms with Crippen molar-refractivity contribution in [2.24, 2.45) is 0 Å². The first kappa shape index (κ1) is 19.2. The second-order valence-electron chi connectivity index (χ2n) is 6.55. The van der Waals surface area contributed by atoms with Crippen LogP contribution in [0.25, 0.3) is 0 Å². The standard InChI is InChI=1S/C19H23BrN4OS/c1-13-9-15(20)6-7-16(13)23-18(25)11-26-19-10-17(21-12-22-19)24-8-4-3-5-14(24)2/h6-7,9-10,12,14H,3-5,8,11H2,1-2H3,(H,23,25)/t14-/m0/s1. The van der Waals surface area contributed by atoms with Gasteiger partial charge >= 0.3 is 0 Å². The lowest BCUT2D eigenvalue weighted by molar-refractivity contribution is -0.113. The second kappa shape index (κ2) is 8.86. The molecule has 2 heterocycles. The van der Waals surface area contributed by atoms with Crippen molar-refractivity contribution >= 4 is 45.1 Å². The maximum atomic E-state index is 12.3. The van der Waals surface area contributed by atoms with Gasteiger partial charge in [0.1, 0.15) is 17.2 Å². The Kier molecular flexibility index (Phi) is 6.53. The molecule has 1 amide bonds. The lowest BCUT2D eigenvalue weighted by atomic mass is 10.0. The van der Waals surface area contributed by atoms with Crippen molar-refractivity contribution in [2.45, 2.75) is 44.2 Å². The Hall–Kier alpha value is -1.60. The fraction of sp³-hybridized carbons (Fsp3) is 0.421. The normalized spacial score (nSPS) is 17.2. The number of piperidine rings is 1. The van der Waals surface area contributed by atoms with Gasteiger partial charge in [0, 0.05) is 28.8 Å². The Morgan fingerprint density at radius 3 is 2.96 bits per heavy atom. The summed E-state index contributed by atoms with van der Waals surface area (Å²) in [6.45, 7) is 5.25. The van der Waals surface area contributed by atoms with Crippen LogP contribution in [0, 0.1) is 6.92 Å². The zero-order valence-corrected chi connectivity index (χ0v) is 17.4. The third-order valence-electron chi connectivity index (χ3n) is 4.54. The molecule has 0 spiro atoms. The third-order valence-corrected chi connectivity index (χ3v) is 5.96. The minimum Gasteiger partial charge on any atom is -0.354 e. The lowest BCUT2D eigenvalue weighted by Gasteiger charge is -2.34. The summed E-state index contributed by atoms with van der Waals surface area (Å²) < 4.78 is 1.00. The van der Waals surface area contributed by atoms with Gasteiger partial charge in [-0.1, -0.05) is 27.7 Å². The topological polar surface area (TPSA) is 58.1 Å². The number of aromatic nitrogens is 2.